The van der Waals surface area contributed by atoms with Gasteiger partial charge in [0.25, 0.3) is 5.91 Å². The number of carbonyl (C=O) groups is 1. The van der Waals surface area contributed by atoms with Gasteiger partial charge in [0.15, 0.2) is 0 Å². The molecule has 3 nitrogen and oxygen atoms in total. The summed E-state index contributed by atoms with van der Waals surface area (Å²) in [5, 5.41) is 2.70. The lowest BCUT2D eigenvalue weighted by atomic mass is 10.1. The predicted octanol–water partition coefficient (Wildman–Crippen LogP) is 2.91. The number of benzene rings is 1. The van der Waals surface area contributed by atoms with Crippen molar-refractivity contribution in [3.8, 4) is 0 Å². The van der Waals surface area contributed by atoms with E-state index in [1.165, 1.54) is 18.6 Å². The lowest BCUT2D eigenvalue weighted by Gasteiger charge is -2.14. The second-order valence-corrected chi connectivity index (χ2v) is 3.73. The Morgan fingerprint density at radius 3 is 2.76 bits per heavy atom. The van der Waals surface area contributed by atoms with Crippen LogP contribution in [0.15, 0.2) is 47.3 Å². The molecule has 1 heterocycles. The van der Waals surface area contributed by atoms with E-state index >= 15 is 0 Å². The number of amides is 1. The fraction of sp³-hybridized carbons (Fsp3) is 0.154. The van der Waals surface area contributed by atoms with Crippen molar-refractivity contribution in [2.45, 2.75) is 13.0 Å². The van der Waals surface area contributed by atoms with Gasteiger partial charge in [0.05, 0.1) is 17.9 Å². The maximum Gasteiger partial charge on any atom is 0.255 e. The number of rotatable bonds is 3. The molecule has 0 saturated carbocycles. The Kier molecular flexibility index (Phi) is 3.23. The topological polar surface area (TPSA) is 42.2 Å². The van der Waals surface area contributed by atoms with Crippen molar-refractivity contribution >= 4 is 5.91 Å². The lowest BCUT2D eigenvalue weighted by Crippen LogP contribution is -2.26. The first kappa shape index (κ1) is 11.4. The molecule has 4 heteroatoms. The van der Waals surface area contributed by atoms with Crippen molar-refractivity contribution in [1.29, 1.82) is 0 Å². The summed E-state index contributed by atoms with van der Waals surface area (Å²) in [7, 11) is 0. The molecule has 0 bridgehead atoms. The first-order valence-electron chi connectivity index (χ1n) is 5.26. The molecule has 0 saturated heterocycles. The second-order valence-electron chi connectivity index (χ2n) is 3.73. The Morgan fingerprint density at radius 2 is 2.12 bits per heavy atom. The van der Waals surface area contributed by atoms with Gasteiger partial charge < -0.3 is 9.73 Å². The quantitative estimate of drug-likeness (QED) is 0.885. The summed E-state index contributed by atoms with van der Waals surface area (Å²) in [4.78, 5) is 11.7. The van der Waals surface area contributed by atoms with E-state index in [0.717, 1.165) is 0 Å². The van der Waals surface area contributed by atoms with Gasteiger partial charge in [0, 0.05) is 5.56 Å². The molecule has 1 atom stereocenters. The highest BCUT2D eigenvalue weighted by molar-refractivity contribution is 5.94. The van der Waals surface area contributed by atoms with E-state index in [1.807, 2.05) is 0 Å². The minimum atomic E-state index is -0.390. The number of halogens is 1. The fourth-order valence-corrected chi connectivity index (χ4v) is 1.58. The standard InChI is InChI=1S/C13H12FNO2/c1-9(11-4-2-3-5-12(11)14)15-13(16)10-6-7-17-8-10/h2-9H,1H3,(H,15,16). The van der Waals surface area contributed by atoms with Crippen molar-refractivity contribution in [2.24, 2.45) is 0 Å². The van der Waals surface area contributed by atoms with Crippen molar-refractivity contribution in [3.05, 3.63) is 59.8 Å². The summed E-state index contributed by atoms with van der Waals surface area (Å²) in [6, 6.07) is 7.54. The largest absolute Gasteiger partial charge is 0.472 e. The van der Waals surface area contributed by atoms with E-state index in [-0.39, 0.29) is 11.7 Å². The SMILES string of the molecule is CC(NC(=O)c1ccoc1)c1ccccc1F. The lowest BCUT2D eigenvalue weighted by molar-refractivity contribution is 0.0938. The zero-order valence-electron chi connectivity index (χ0n) is 9.31. The number of hydrogen-bond donors (Lipinski definition) is 1. The molecule has 0 aliphatic rings. The summed E-state index contributed by atoms with van der Waals surface area (Å²) in [6.45, 7) is 1.73. The summed E-state index contributed by atoms with van der Waals surface area (Å²) in [5.74, 6) is -0.609. The van der Waals surface area contributed by atoms with E-state index < -0.39 is 6.04 Å². The van der Waals surface area contributed by atoms with Crippen molar-refractivity contribution in [2.75, 3.05) is 0 Å². The maximum atomic E-state index is 13.5. The Balaban J connectivity index is 2.10. The maximum absolute atomic E-state index is 13.5. The molecule has 88 valence electrons. The third-order valence-corrected chi connectivity index (χ3v) is 2.50. The molecule has 2 aromatic rings. The third kappa shape index (κ3) is 2.53. The van der Waals surface area contributed by atoms with Gasteiger partial charge in [-0.1, -0.05) is 18.2 Å². The number of carbonyl (C=O) groups excluding carboxylic acids is 1. The van der Waals surface area contributed by atoms with Crippen LogP contribution >= 0.6 is 0 Å². The molecule has 1 aromatic carbocycles. The van der Waals surface area contributed by atoms with Crippen LogP contribution in [0.5, 0.6) is 0 Å². The van der Waals surface area contributed by atoms with Crippen LogP contribution < -0.4 is 5.32 Å². The molecular formula is C13H12FNO2. The van der Waals surface area contributed by atoms with E-state index in [9.17, 15) is 9.18 Å². The highest BCUT2D eigenvalue weighted by Crippen LogP contribution is 2.16. The third-order valence-electron chi connectivity index (χ3n) is 2.50. The average Bonchev–Trinajstić information content (AvgIpc) is 2.82. The van der Waals surface area contributed by atoms with Crippen LogP contribution in [0.25, 0.3) is 0 Å². The highest BCUT2D eigenvalue weighted by atomic mass is 19.1. The highest BCUT2D eigenvalue weighted by Gasteiger charge is 2.14. The zero-order valence-corrected chi connectivity index (χ0v) is 9.31. The normalized spacial score (nSPS) is 12.1. The smallest absolute Gasteiger partial charge is 0.255 e. The van der Waals surface area contributed by atoms with Gasteiger partial charge in [-0.25, -0.2) is 4.39 Å². The molecular weight excluding hydrogens is 221 g/mol. The van der Waals surface area contributed by atoms with Gasteiger partial charge in [0.2, 0.25) is 0 Å². The zero-order chi connectivity index (χ0) is 12.3. The van der Waals surface area contributed by atoms with Crippen LogP contribution in [-0.4, -0.2) is 5.91 Å². The molecule has 0 fully saturated rings. The fourth-order valence-electron chi connectivity index (χ4n) is 1.58. The predicted molar refractivity (Wildman–Crippen MR) is 61.0 cm³/mol. The Bertz CT molecular complexity index is 508. The molecule has 0 spiro atoms. The Labute approximate surface area is 98.3 Å². The number of hydrogen-bond acceptors (Lipinski definition) is 2. The second kappa shape index (κ2) is 4.82. The molecule has 0 aliphatic heterocycles. The minimum absolute atomic E-state index is 0.283. The van der Waals surface area contributed by atoms with Gasteiger partial charge in [-0.3, -0.25) is 4.79 Å². The van der Waals surface area contributed by atoms with Crippen molar-refractivity contribution < 1.29 is 13.6 Å². The first-order valence-corrected chi connectivity index (χ1v) is 5.26. The summed E-state index contributed by atoms with van der Waals surface area (Å²) in [5.41, 5.74) is 0.887. The molecule has 1 unspecified atom stereocenters. The van der Waals surface area contributed by atoms with Crippen LogP contribution in [0.3, 0.4) is 0 Å². The summed E-state index contributed by atoms with van der Waals surface area (Å²) in [6.07, 6.45) is 2.77. The number of furan rings is 1. The first-order chi connectivity index (χ1) is 8.18. The molecule has 1 aromatic heterocycles. The molecule has 0 aliphatic carbocycles. The van der Waals surface area contributed by atoms with Gasteiger partial charge in [0.1, 0.15) is 12.1 Å². The number of nitrogens with one attached hydrogen (secondary N) is 1. The van der Waals surface area contributed by atoms with E-state index in [0.29, 0.717) is 11.1 Å². The molecule has 1 N–H and O–H groups in total. The van der Waals surface area contributed by atoms with Crippen LogP contribution in [0.4, 0.5) is 4.39 Å². The van der Waals surface area contributed by atoms with Crippen LogP contribution in [0.2, 0.25) is 0 Å². The van der Waals surface area contributed by atoms with Crippen molar-refractivity contribution in [3.63, 3.8) is 0 Å². The van der Waals surface area contributed by atoms with Crippen LogP contribution in [0, 0.1) is 5.82 Å². The molecule has 2 rings (SSSR count). The van der Waals surface area contributed by atoms with Gasteiger partial charge in [-0.05, 0) is 19.1 Å². The summed E-state index contributed by atoms with van der Waals surface area (Å²) >= 11 is 0. The molecule has 17 heavy (non-hydrogen) atoms. The van der Waals surface area contributed by atoms with Crippen molar-refractivity contribution in [1.82, 2.24) is 5.32 Å². The van der Waals surface area contributed by atoms with Crippen LogP contribution in [-0.2, 0) is 0 Å². The van der Waals surface area contributed by atoms with Gasteiger partial charge in [-0.2, -0.15) is 0 Å². The van der Waals surface area contributed by atoms with E-state index in [1.54, 1.807) is 31.2 Å². The Morgan fingerprint density at radius 1 is 1.35 bits per heavy atom. The monoisotopic (exact) mass is 233 g/mol. The average molecular weight is 233 g/mol. The molecule has 1 amide bonds. The van der Waals surface area contributed by atoms with Gasteiger partial charge in [-0.15, -0.1) is 0 Å². The van der Waals surface area contributed by atoms with E-state index in [2.05, 4.69) is 5.32 Å². The molecule has 0 radical (unpaired) electrons. The Hall–Kier alpha value is -2.10. The van der Waals surface area contributed by atoms with E-state index in [4.69, 9.17) is 4.42 Å². The van der Waals surface area contributed by atoms with Gasteiger partial charge >= 0.3 is 0 Å². The minimum Gasteiger partial charge on any atom is -0.472 e. The van der Waals surface area contributed by atoms with Crippen LogP contribution in [0.1, 0.15) is 28.9 Å². The summed E-state index contributed by atoms with van der Waals surface area (Å²) < 4.78 is 18.3.